The van der Waals surface area contributed by atoms with Crippen molar-refractivity contribution in [3.8, 4) is 0 Å². The van der Waals surface area contributed by atoms with Gasteiger partial charge in [-0.2, -0.15) is 4.31 Å². The summed E-state index contributed by atoms with van der Waals surface area (Å²) in [6.45, 7) is 2.09. The summed E-state index contributed by atoms with van der Waals surface area (Å²) >= 11 is 0. The summed E-state index contributed by atoms with van der Waals surface area (Å²) in [5, 5.41) is 3.10. The quantitative estimate of drug-likeness (QED) is 0.765. The molecule has 1 aliphatic heterocycles. The van der Waals surface area contributed by atoms with Crippen LogP contribution in [0.1, 0.15) is 12.8 Å². The molecule has 0 spiro atoms. The molecule has 0 atom stereocenters. The average molecular weight is 345 g/mol. The lowest BCUT2D eigenvalue weighted by molar-refractivity contribution is 0.360. The molecule has 9 heteroatoms. The molecular formula is C13H19N3O4S2. The fraction of sp³-hybridized carbons (Fsp3) is 0.538. The SMILES string of the molecule is O=S(=O)(NC1CC1)c1ccc(S(=O)(=O)N2CCNCC2)cc1. The van der Waals surface area contributed by atoms with Gasteiger partial charge >= 0.3 is 0 Å². The molecular weight excluding hydrogens is 326 g/mol. The first kappa shape index (κ1) is 15.9. The van der Waals surface area contributed by atoms with Gasteiger partial charge in [0, 0.05) is 32.2 Å². The zero-order chi connectivity index (χ0) is 15.8. The van der Waals surface area contributed by atoms with Gasteiger partial charge in [0.2, 0.25) is 20.0 Å². The number of piperazine rings is 1. The van der Waals surface area contributed by atoms with Crippen LogP contribution in [-0.4, -0.2) is 53.4 Å². The van der Waals surface area contributed by atoms with E-state index in [-0.39, 0.29) is 15.8 Å². The van der Waals surface area contributed by atoms with Crippen molar-refractivity contribution in [1.82, 2.24) is 14.3 Å². The van der Waals surface area contributed by atoms with Crippen LogP contribution in [-0.2, 0) is 20.0 Å². The van der Waals surface area contributed by atoms with E-state index in [9.17, 15) is 16.8 Å². The van der Waals surface area contributed by atoms with E-state index >= 15 is 0 Å². The monoisotopic (exact) mass is 345 g/mol. The first-order chi connectivity index (χ1) is 10.4. The topological polar surface area (TPSA) is 95.6 Å². The third kappa shape index (κ3) is 3.33. The lowest BCUT2D eigenvalue weighted by atomic mass is 10.4. The van der Waals surface area contributed by atoms with Crippen molar-refractivity contribution in [2.24, 2.45) is 0 Å². The van der Waals surface area contributed by atoms with E-state index in [1.54, 1.807) is 0 Å². The lowest BCUT2D eigenvalue weighted by Gasteiger charge is -2.26. The maximum Gasteiger partial charge on any atom is 0.243 e. The highest BCUT2D eigenvalue weighted by atomic mass is 32.2. The van der Waals surface area contributed by atoms with Crippen molar-refractivity contribution in [2.75, 3.05) is 26.2 Å². The number of sulfonamides is 2. The van der Waals surface area contributed by atoms with Crippen LogP contribution in [0.25, 0.3) is 0 Å². The highest BCUT2D eigenvalue weighted by Gasteiger charge is 2.29. The van der Waals surface area contributed by atoms with Gasteiger partial charge in [-0.05, 0) is 37.1 Å². The highest BCUT2D eigenvalue weighted by molar-refractivity contribution is 7.89. The minimum absolute atomic E-state index is 0.0225. The van der Waals surface area contributed by atoms with E-state index in [0.29, 0.717) is 26.2 Å². The predicted molar refractivity (Wildman–Crippen MR) is 81.4 cm³/mol. The minimum atomic E-state index is -3.56. The average Bonchev–Trinajstić information content (AvgIpc) is 3.31. The molecule has 0 aromatic heterocycles. The summed E-state index contributed by atoms with van der Waals surface area (Å²) < 4.78 is 53.1. The minimum Gasteiger partial charge on any atom is -0.314 e. The van der Waals surface area contributed by atoms with E-state index in [4.69, 9.17) is 0 Å². The van der Waals surface area contributed by atoms with E-state index in [1.165, 1.54) is 28.6 Å². The molecule has 1 saturated heterocycles. The Bertz CT molecular complexity index is 734. The summed E-state index contributed by atoms with van der Waals surface area (Å²) in [5.41, 5.74) is 0. The van der Waals surface area contributed by atoms with Gasteiger partial charge in [0.05, 0.1) is 9.79 Å². The van der Waals surface area contributed by atoms with Crippen LogP contribution >= 0.6 is 0 Å². The normalized spacial score (nSPS) is 20.9. The number of nitrogens with zero attached hydrogens (tertiary/aromatic N) is 1. The second-order valence-corrected chi connectivity index (χ2v) is 9.17. The molecule has 7 nitrogen and oxygen atoms in total. The molecule has 1 aromatic rings. The van der Waals surface area contributed by atoms with Gasteiger partial charge < -0.3 is 5.32 Å². The summed E-state index contributed by atoms with van der Waals surface area (Å²) in [6, 6.07) is 5.44. The van der Waals surface area contributed by atoms with Crippen molar-refractivity contribution in [2.45, 2.75) is 28.7 Å². The zero-order valence-corrected chi connectivity index (χ0v) is 13.7. The second-order valence-electron chi connectivity index (χ2n) is 5.52. The summed E-state index contributed by atoms with van der Waals surface area (Å²) in [6.07, 6.45) is 1.71. The fourth-order valence-corrected chi connectivity index (χ4v) is 5.06. The van der Waals surface area contributed by atoms with Crippen molar-refractivity contribution in [1.29, 1.82) is 0 Å². The van der Waals surface area contributed by atoms with Crippen molar-refractivity contribution >= 4 is 20.0 Å². The van der Waals surface area contributed by atoms with E-state index < -0.39 is 20.0 Å². The molecule has 0 unspecified atom stereocenters. The Labute approximate surface area is 130 Å². The highest BCUT2D eigenvalue weighted by Crippen LogP contribution is 2.23. The van der Waals surface area contributed by atoms with E-state index in [0.717, 1.165) is 12.8 Å². The summed E-state index contributed by atoms with van der Waals surface area (Å²) in [4.78, 5) is 0.221. The second kappa shape index (κ2) is 5.89. The van der Waals surface area contributed by atoms with Crippen LogP contribution in [0.3, 0.4) is 0 Å². The Morgan fingerprint density at radius 1 is 0.955 bits per heavy atom. The molecule has 1 saturated carbocycles. The Morgan fingerprint density at radius 3 is 2.05 bits per heavy atom. The van der Waals surface area contributed by atoms with Crippen LogP contribution in [0.5, 0.6) is 0 Å². The summed E-state index contributed by atoms with van der Waals surface area (Å²) in [5.74, 6) is 0. The third-order valence-electron chi connectivity index (χ3n) is 3.75. The first-order valence-electron chi connectivity index (χ1n) is 7.23. The Kier molecular flexibility index (Phi) is 4.25. The summed E-state index contributed by atoms with van der Waals surface area (Å²) in [7, 11) is -7.11. The number of hydrogen-bond acceptors (Lipinski definition) is 5. The lowest BCUT2D eigenvalue weighted by Crippen LogP contribution is -2.46. The standard InChI is InChI=1S/C13H19N3O4S2/c17-21(18,15-11-1-2-11)12-3-5-13(6-4-12)22(19,20)16-9-7-14-8-10-16/h3-6,11,14-15H,1-2,7-10H2. The van der Waals surface area contributed by atoms with Crippen molar-refractivity contribution in [3.63, 3.8) is 0 Å². The Hall–Kier alpha value is -1.00. The predicted octanol–water partition coefficient (Wildman–Crippen LogP) is -0.279. The largest absolute Gasteiger partial charge is 0.314 e. The molecule has 1 aromatic carbocycles. The van der Waals surface area contributed by atoms with E-state index in [1.807, 2.05) is 0 Å². The zero-order valence-electron chi connectivity index (χ0n) is 12.0. The molecule has 122 valence electrons. The molecule has 3 rings (SSSR count). The first-order valence-corrected chi connectivity index (χ1v) is 10.2. The molecule has 1 aliphatic carbocycles. The van der Waals surface area contributed by atoms with Gasteiger partial charge in [-0.1, -0.05) is 0 Å². The molecule has 2 aliphatic rings. The van der Waals surface area contributed by atoms with Gasteiger partial charge in [0.25, 0.3) is 0 Å². The van der Waals surface area contributed by atoms with Crippen molar-refractivity contribution < 1.29 is 16.8 Å². The Morgan fingerprint density at radius 2 is 1.50 bits per heavy atom. The number of rotatable bonds is 5. The van der Waals surface area contributed by atoms with Crippen LogP contribution in [0.15, 0.2) is 34.1 Å². The van der Waals surface area contributed by atoms with Crippen molar-refractivity contribution in [3.05, 3.63) is 24.3 Å². The van der Waals surface area contributed by atoms with Gasteiger partial charge in [-0.25, -0.2) is 21.6 Å². The van der Waals surface area contributed by atoms with Gasteiger partial charge in [0.1, 0.15) is 0 Å². The third-order valence-corrected chi connectivity index (χ3v) is 7.20. The molecule has 2 N–H and O–H groups in total. The van der Waals surface area contributed by atoms with E-state index in [2.05, 4.69) is 10.0 Å². The molecule has 1 heterocycles. The molecule has 22 heavy (non-hydrogen) atoms. The van der Waals surface area contributed by atoms with Crippen LogP contribution in [0, 0.1) is 0 Å². The van der Waals surface area contributed by atoms with Gasteiger partial charge in [-0.3, -0.25) is 0 Å². The molecule has 0 radical (unpaired) electrons. The molecule has 0 amide bonds. The van der Waals surface area contributed by atoms with Gasteiger partial charge in [0.15, 0.2) is 0 Å². The van der Waals surface area contributed by atoms with Crippen LogP contribution in [0.2, 0.25) is 0 Å². The molecule has 0 bridgehead atoms. The maximum absolute atomic E-state index is 12.5. The smallest absolute Gasteiger partial charge is 0.243 e. The Balaban J connectivity index is 1.81. The molecule has 2 fully saturated rings. The number of benzene rings is 1. The number of hydrogen-bond donors (Lipinski definition) is 2. The number of nitrogens with one attached hydrogen (secondary N) is 2. The maximum atomic E-state index is 12.5. The van der Waals surface area contributed by atoms with Gasteiger partial charge in [-0.15, -0.1) is 0 Å². The van der Waals surface area contributed by atoms with Crippen LogP contribution < -0.4 is 10.0 Å². The van der Waals surface area contributed by atoms with Crippen LogP contribution in [0.4, 0.5) is 0 Å². The fourth-order valence-electron chi connectivity index (χ4n) is 2.31.